The summed E-state index contributed by atoms with van der Waals surface area (Å²) >= 11 is 12.6. The molecular formula is C89H117BBr3ClF3IO2. The Bertz CT molecular complexity index is 3260. The minimum Gasteiger partial charge on any atom is -0.423 e. The first-order valence-corrected chi connectivity index (χ1v) is 41.8. The molecule has 0 unspecified atom stereocenters. The number of rotatable bonds is 24. The Hall–Kier alpha value is -3.49. The quantitative estimate of drug-likeness (QED) is 0.0360. The van der Waals surface area contributed by atoms with E-state index in [1.165, 1.54) is 248 Å². The highest BCUT2D eigenvalue weighted by Crippen LogP contribution is 2.43. The summed E-state index contributed by atoms with van der Waals surface area (Å²) in [6.45, 7) is 12.3. The zero-order valence-electron chi connectivity index (χ0n) is 60.6. The summed E-state index contributed by atoms with van der Waals surface area (Å²) in [6.07, 6.45) is 39.7. The molecule has 100 heavy (non-hydrogen) atoms. The third kappa shape index (κ3) is 30.5. The Kier molecular flexibility index (Phi) is 40.3. The van der Waals surface area contributed by atoms with Crippen LogP contribution in [0.5, 0.6) is 0 Å². The van der Waals surface area contributed by atoms with E-state index in [2.05, 4.69) is 226 Å². The van der Waals surface area contributed by atoms with Crippen LogP contribution in [0.15, 0.2) is 190 Å². The van der Waals surface area contributed by atoms with Gasteiger partial charge >= 0.3 is 13.3 Å². The molecule has 11 heteroatoms. The number of unbranched alkanes of at least 4 members (excludes halogenated alkanes) is 8. The number of allylic oxidation sites excluding steroid dienone is 1. The summed E-state index contributed by atoms with van der Waals surface area (Å²) in [7, 11) is -1.35. The fraction of sp³-hybridized carbons (Fsp3) is 0.506. The van der Waals surface area contributed by atoms with Crippen molar-refractivity contribution >= 4 is 101 Å². The van der Waals surface area contributed by atoms with Gasteiger partial charge in [-0.3, -0.25) is 0 Å². The third-order valence-electron chi connectivity index (χ3n) is 22.0. The summed E-state index contributed by atoms with van der Waals surface area (Å²) < 4.78 is 43.1. The Morgan fingerprint density at radius 1 is 0.370 bits per heavy atom. The van der Waals surface area contributed by atoms with Gasteiger partial charge in [0.1, 0.15) is 0 Å². The van der Waals surface area contributed by atoms with Gasteiger partial charge in [0.15, 0.2) is 0 Å². The van der Waals surface area contributed by atoms with E-state index in [1.807, 2.05) is 24.3 Å². The second-order valence-corrected chi connectivity index (χ2v) is 33.2. The largest absolute Gasteiger partial charge is 0.488 e. The molecular weight excluding hydrogens is 1570 g/mol. The Balaban J connectivity index is 0.000000204. The summed E-state index contributed by atoms with van der Waals surface area (Å²) in [5, 5.41) is 18.2. The number of hydrogen-bond acceptors (Lipinski definition) is 2. The predicted molar refractivity (Wildman–Crippen MR) is 446 cm³/mol. The van der Waals surface area contributed by atoms with E-state index in [0.717, 1.165) is 55.6 Å². The maximum atomic E-state index is 12.8. The average molecular weight is 1690 g/mol. The Labute approximate surface area is 648 Å². The van der Waals surface area contributed by atoms with Crippen LogP contribution in [-0.2, 0) is 0 Å². The van der Waals surface area contributed by atoms with Crippen molar-refractivity contribution in [2.45, 2.75) is 263 Å². The number of hydrogen-bond donors (Lipinski definition) is 2. The van der Waals surface area contributed by atoms with E-state index in [4.69, 9.17) is 10.0 Å². The van der Waals surface area contributed by atoms with Crippen LogP contribution in [0, 0.1) is 27.2 Å². The van der Waals surface area contributed by atoms with Crippen molar-refractivity contribution in [3.8, 4) is 22.3 Å². The highest BCUT2D eigenvalue weighted by atomic mass is 127. The molecule has 7 aromatic rings. The second-order valence-electron chi connectivity index (χ2n) is 29.2. The van der Waals surface area contributed by atoms with Gasteiger partial charge in [-0.15, -0.1) is 12.4 Å². The summed E-state index contributed by atoms with van der Waals surface area (Å²) in [4.78, 5) is 0. The predicted octanol–water partition coefficient (Wildman–Crippen LogP) is 29.8. The van der Waals surface area contributed by atoms with E-state index >= 15 is 0 Å². The van der Waals surface area contributed by atoms with Crippen molar-refractivity contribution in [3.63, 3.8) is 0 Å². The topological polar surface area (TPSA) is 40.5 Å². The molecule has 2 nitrogen and oxygen atoms in total. The second kappa shape index (κ2) is 47.2. The molecule has 4 aliphatic rings. The molecule has 2 N–H and O–H groups in total. The third-order valence-corrected chi connectivity index (χ3v) is 24.3. The van der Waals surface area contributed by atoms with Crippen LogP contribution in [0.1, 0.15) is 285 Å². The van der Waals surface area contributed by atoms with Crippen LogP contribution in [0.3, 0.4) is 0 Å². The minimum absolute atomic E-state index is 0. The number of alkyl halides is 3. The molecule has 4 aliphatic carbocycles. The molecule has 7 aromatic carbocycles. The van der Waals surface area contributed by atoms with Gasteiger partial charge in [0.2, 0.25) is 0 Å². The van der Waals surface area contributed by atoms with Gasteiger partial charge in [0.05, 0.1) is 5.57 Å². The molecule has 544 valence electrons. The molecule has 0 spiro atoms. The molecule has 0 bridgehead atoms. The van der Waals surface area contributed by atoms with E-state index in [0.29, 0.717) is 17.3 Å². The van der Waals surface area contributed by atoms with E-state index in [1.54, 1.807) is 23.3 Å². The van der Waals surface area contributed by atoms with Gasteiger partial charge in [-0.1, -0.05) is 306 Å². The number of halogens is 8. The van der Waals surface area contributed by atoms with Crippen LogP contribution >= 0.6 is 82.8 Å². The normalized spacial score (nSPS) is 20.4. The summed E-state index contributed by atoms with van der Waals surface area (Å²) in [6, 6.07) is 57.9. The van der Waals surface area contributed by atoms with Crippen molar-refractivity contribution in [2.24, 2.45) is 23.7 Å². The molecule has 0 saturated heterocycles. The maximum Gasteiger partial charge on any atom is 0.488 e. The first-order valence-electron chi connectivity index (χ1n) is 38.4. The minimum atomic E-state index is -4.39. The standard InChI is InChI=1S/C26H31F3.C23H29Br.C17H27BO2.C17H25Br.C6H4BrI.ClH/c1-3-4-5-6-20-7-9-22(10-8-20)24-15-17-25(18-16-24)23-13-11-21(12-14-23)19(2)26(27,28)29;1-2-3-4-5-18-6-8-19(9-7-18)20-10-12-21(13-11-20)22-14-16-23(24)17-15-22;1-2-3-4-5-14-6-8-15(9-7-14)16-10-12-17(13-11-16)18(19)20;1-2-3-4-5-14-6-8-15(9-7-14)16-10-12-17(18)13-11-16;7-5-1-3-6(8)4-2-5;/h11-18,20,22H,2-10H2,1H3;10-19H,2-9H2,1H3;10-15,19-20H,2-9H2,1H3;10-15H,2-9H2,1H3;1-4H;1H. The molecule has 0 aromatic heterocycles. The zero-order chi connectivity index (χ0) is 70.8. The maximum absolute atomic E-state index is 12.8. The van der Waals surface area contributed by atoms with E-state index in [-0.39, 0.29) is 18.0 Å². The van der Waals surface area contributed by atoms with Crippen molar-refractivity contribution < 1.29 is 23.2 Å². The SMILES string of the molecule is Brc1ccc(I)cc1.C=C(c1ccc(-c2ccc(C3CCC(CCCCC)CC3)cc2)cc1)C(F)(F)F.CCCCCC1CCC(c2ccc(-c3ccc(Br)cc3)cc2)CC1.CCCCCC1CCC(c2ccc(B(O)O)cc2)CC1.CCCCCC1CCC(c2ccc(Br)cc2)CC1.Cl. The zero-order valence-corrected chi connectivity index (χ0v) is 68.4. The Morgan fingerprint density at radius 2 is 0.600 bits per heavy atom. The van der Waals surface area contributed by atoms with Crippen LogP contribution in [-0.4, -0.2) is 23.3 Å². The molecule has 0 heterocycles. The van der Waals surface area contributed by atoms with Crippen LogP contribution in [0.25, 0.3) is 27.8 Å². The van der Waals surface area contributed by atoms with Crippen molar-refractivity contribution in [1.29, 1.82) is 0 Å². The lowest BCUT2D eigenvalue weighted by Crippen LogP contribution is -2.29. The van der Waals surface area contributed by atoms with E-state index in [9.17, 15) is 13.2 Å². The summed E-state index contributed by atoms with van der Waals surface area (Å²) in [5.74, 6) is 6.77. The average Bonchev–Trinajstić information content (AvgIpc) is 0.843. The molecule has 11 rings (SSSR count). The Morgan fingerprint density at radius 3 is 0.850 bits per heavy atom. The molecule has 0 aliphatic heterocycles. The van der Waals surface area contributed by atoms with Crippen molar-refractivity contribution in [2.75, 3.05) is 0 Å². The van der Waals surface area contributed by atoms with Crippen LogP contribution in [0.2, 0.25) is 0 Å². The highest BCUT2D eigenvalue weighted by Gasteiger charge is 2.33. The molecule has 0 radical (unpaired) electrons. The first kappa shape index (κ1) is 85.4. The van der Waals surface area contributed by atoms with Gasteiger partial charge in [-0.25, -0.2) is 0 Å². The molecule has 0 atom stereocenters. The van der Waals surface area contributed by atoms with Crippen molar-refractivity contribution in [1.82, 2.24) is 0 Å². The van der Waals surface area contributed by atoms with Gasteiger partial charge < -0.3 is 10.0 Å². The molecule has 4 fully saturated rings. The van der Waals surface area contributed by atoms with Crippen molar-refractivity contribution in [3.05, 3.63) is 221 Å². The van der Waals surface area contributed by atoms with E-state index < -0.39 is 18.9 Å². The van der Waals surface area contributed by atoms with Gasteiger partial charge in [0.25, 0.3) is 0 Å². The van der Waals surface area contributed by atoms with Gasteiger partial charge in [-0.2, -0.15) is 13.2 Å². The molecule has 0 amide bonds. The molecule has 4 saturated carbocycles. The van der Waals surface area contributed by atoms with Crippen LogP contribution < -0.4 is 5.46 Å². The summed E-state index contributed by atoms with van der Waals surface area (Å²) in [5.41, 5.74) is 10.3. The lowest BCUT2D eigenvalue weighted by Gasteiger charge is -2.29. The lowest BCUT2D eigenvalue weighted by atomic mass is 9.75. The van der Waals surface area contributed by atoms with Crippen LogP contribution in [0.4, 0.5) is 13.2 Å². The fourth-order valence-corrected chi connectivity index (χ4v) is 16.7. The lowest BCUT2D eigenvalue weighted by molar-refractivity contribution is -0.0686. The van der Waals surface area contributed by atoms with Gasteiger partial charge in [-0.05, 0) is 277 Å². The van der Waals surface area contributed by atoms with Gasteiger partial charge in [0, 0.05) is 17.0 Å². The highest BCUT2D eigenvalue weighted by molar-refractivity contribution is 14.1. The fourth-order valence-electron chi connectivity index (χ4n) is 15.5. The smallest absolute Gasteiger partial charge is 0.423 e. The number of benzene rings is 7. The first-order chi connectivity index (χ1) is 47.9. The monoisotopic (exact) mass is 1680 g/mol.